The highest BCUT2D eigenvalue weighted by Gasteiger charge is 2.61. The summed E-state index contributed by atoms with van der Waals surface area (Å²) in [5.74, 6) is 2.47. The van der Waals surface area contributed by atoms with Crippen LogP contribution in [0.2, 0.25) is 0 Å². The van der Waals surface area contributed by atoms with Crippen LogP contribution in [0.15, 0.2) is 12.1 Å². The van der Waals surface area contributed by atoms with Gasteiger partial charge in [0.25, 0.3) is 0 Å². The number of nitrogens with one attached hydrogen (secondary N) is 1. The van der Waals surface area contributed by atoms with Gasteiger partial charge in [-0.25, -0.2) is 9.78 Å². The first-order chi connectivity index (χ1) is 12.7. The second-order valence-electron chi connectivity index (χ2n) is 8.67. The second-order valence-corrected chi connectivity index (χ2v) is 9.91. The first-order valence-electron chi connectivity index (χ1n) is 9.51. The molecule has 7 nitrogen and oxygen atoms in total. The van der Waals surface area contributed by atoms with Crippen molar-refractivity contribution in [1.82, 2.24) is 10.3 Å². The van der Waals surface area contributed by atoms with E-state index in [1.54, 1.807) is 0 Å². The molecule has 1 amide bonds. The molecule has 2 aliphatic heterocycles. The lowest BCUT2D eigenvalue weighted by Gasteiger charge is -2.30. The van der Waals surface area contributed by atoms with Crippen molar-refractivity contribution in [2.45, 2.75) is 38.3 Å². The van der Waals surface area contributed by atoms with Crippen molar-refractivity contribution in [3.05, 3.63) is 15.7 Å². The van der Waals surface area contributed by atoms with Crippen LogP contribution in [0.3, 0.4) is 0 Å². The fourth-order valence-electron chi connectivity index (χ4n) is 3.95. The molecule has 2 unspecified atom stereocenters. The number of halogens is 1. The number of nitrogens with zero attached hydrogens (tertiary/aromatic N) is 3. The van der Waals surface area contributed by atoms with E-state index in [1.807, 2.05) is 20.8 Å². The largest absolute Gasteiger partial charge is 0.444 e. The van der Waals surface area contributed by atoms with Gasteiger partial charge >= 0.3 is 6.09 Å². The minimum absolute atomic E-state index is 0.162. The SMILES string of the molecule is CC(C)(C)OC(=O)NC12CC1CN(c1cc(I)cc(N3CCOCC3)n1)C2. The van der Waals surface area contributed by atoms with Crippen molar-refractivity contribution in [2.75, 3.05) is 49.2 Å². The third kappa shape index (κ3) is 4.26. The number of piperidine rings is 1. The van der Waals surface area contributed by atoms with E-state index in [1.165, 1.54) is 3.57 Å². The molecule has 0 aromatic carbocycles. The van der Waals surface area contributed by atoms with Crippen LogP contribution in [0.25, 0.3) is 0 Å². The summed E-state index contributed by atoms with van der Waals surface area (Å²) in [4.78, 5) is 21.7. The van der Waals surface area contributed by atoms with Gasteiger partial charge in [0.15, 0.2) is 0 Å². The number of carbonyl (C=O) groups is 1. The van der Waals surface area contributed by atoms with Crippen LogP contribution in [0.4, 0.5) is 16.4 Å². The van der Waals surface area contributed by atoms with Crippen LogP contribution in [0.5, 0.6) is 0 Å². The summed E-state index contributed by atoms with van der Waals surface area (Å²) < 4.78 is 12.1. The van der Waals surface area contributed by atoms with E-state index in [0.29, 0.717) is 5.92 Å². The highest BCUT2D eigenvalue weighted by Crippen LogP contribution is 2.50. The van der Waals surface area contributed by atoms with Crippen molar-refractivity contribution in [1.29, 1.82) is 0 Å². The number of ether oxygens (including phenoxy) is 2. The van der Waals surface area contributed by atoms with E-state index in [0.717, 1.165) is 57.4 Å². The van der Waals surface area contributed by atoms with Crippen LogP contribution >= 0.6 is 22.6 Å². The molecule has 8 heteroatoms. The summed E-state index contributed by atoms with van der Waals surface area (Å²) in [7, 11) is 0. The van der Waals surface area contributed by atoms with E-state index in [-0.39, 0.29) is 11.6 Å². The highest BCUT2D eigenvalue weighted by atomic mass is 127. The molecule has 0 bridgehead atoms. The molecule has 148 valence electrons. The summed E-state index contributed by atoms with van der Waals surface area (Å²) in [6.07, 6.45) is 0.694. The molecule has 3 aliphatic rings. The Balaban J connectivity index is 1.45. The maximum absolute atomic E-state index is 12.2. The zero-order valence-electron chi connectivity index (χ0n) is 16.1. The number of anilines is 2. The molecular weight excluding hydrogens is 459 g/mol. The van der Waals surface area contributed by atoms with Crippen LogP contribution < -0.4 is 15.1 Å². The molecule has 2 atom stereocenters. The zero-order valence-corrected chi connectivity index (χ0v) is 18.3. The lowest BCUT2D eigenvalue weighted by atomic mass is 10.2. The lowest BCUT2D eigenvalue weighted by molar-refractivity contribution is 0.0498. The lowest BCUT2D eigenvalue weighted by Crippen LogP contribution is -2.44. The number of fused-ring (bicyclic) bond motifs is 1. The fourth-order valence-corrected chi connectivity index (χ4v) is 4.50. The summed E-state index contributed by atoms with van der Waals surface area (Å²) in [6.45, 7) is 10.6. The third-order valence-corrected chi connectivity index (χ3v) is 5.94. The number of morpholine rings is 1. The minimum atomic E-state index is -0.479. The molecule has 27 heavy (non-hydrogen) atoms. The number of carbonyl (C=O) groups excluding carboxylic acids is 1. The average molecular weight is 486 g/mol. The molecule has 0 radical (unpaired) electrons. The Morgan fingerprint density at radius 3 is 2.63 bits per heavy atom. The first kappa shape index (κ1) is 19.0. The molecule has 1 saturated carbocycles. The van der Waals surface area contributed by atoms with Crippen LogP contribution in [0, 0.1) is 9.49 Å². The fraction of sp³-hybridized carbons (Fsp3) is 0.684. The summed E-state index contributed by atoms with van der Waals surface area (Å²) >= 11 is 2.35. The summed E-state index contributed by atoms with van der Waals surface area (Å²) in [5, 5.41) is 3.12. The Morgan fingerprint density at radius 2 is 1.96 bits per heavy atom. The molecule has 1 aliphatic carbocycles. The van der Waals surface area contributed by atoms with E-state index in [9.17, 15) is 4.79 Å². The van der Waals surface area contributed by atoms with Crippen molar-refractivity contribution < 1.29 is 14.3 Å². The maximum atomic E-state index is 12.2. The Hall–Kier alpha value is -1.29. The van der Waals surface area contributed by atoms with Crippen molar-refractivity contribution >= 4 is 40.3 Å². The van der Waals surface area contributed by atoms with Gasteiger partial charge in [0.05, 0.1) is 18.8 Å². The number of pyridine rings is 1. The predicted molar refractivity (Wildman–Crippen MR) is 112 cm³/mol. The molecule has 3 fully saturated rings. The number of amides is 1. The summed E-state index contributed by atoms with van der Waals surface area (Å²) in [6, 6.07) is 4.25. The molecule has 1 aromatic rings. The molecule has 2 saturated heterocycles. The maximum Gasteiger partial charge on any atom is 0.408 e. The minimum Gasteiger partial charge on any atom is -0.444 e. The van der Waals surface area contributed by atoms with E-state index in [4.69, 9.17) is 14.5 Å². The Kier molecular flexibility index (Phi) is 4.90. The number of aromatic nitrogens is 1. The van der Waals surface area contributed by atoms with Crippen molar-refractivity contribution in [2.24, 2.45) is 5.92 Å². The molecule has 3 heterocycles. The number of alkyl carbamates (subject to hydrolysis) is 1. The molecule has 4 rings (SSSR count). The Labute approximate surface area is 173 Å². The average Bonchev–Trinajstić information content (AvgIpc) is 3.12. The molecule has 1 N–H and O–H groups in total. The Bertz CT molecular complexity index is 732. The topological polar surface area (TPSA) is 66.9 Å². The van der Waals surface area contributed by atoms with Gasteiger partial charge in [0.1, 0.15) is 17.2 Å². The highest BCUT2D eigenvalue weighted by molar-refractivity contribution is 14.1. The molecule has 1 aromatic heterocycles. The van der Waals surface area contributed by atoms with E-state index in [2.05, 4.69) is 49.8 Å². The van der Waals surface area contributed by atoms with Gasteiger partial charge in [-0.05, 0) is 61.9 Å². The third-order valence-electron chi connectivity index (χ3n) is 5.32. The monoisotopic (exact) mass is 486 g/mol. The van der Waals surface area contributed by atoms with Gasteiger partial charge < -0.3 is 24.6 Å². The van der Waals surface area contributed by atoms with Gasteiger partial charge in [0, 0.05) is 35.7 Å². The number of hydrogen-bond donors (Lipinski definition) is 1. The van der Waals surface area contributed by atoms with Crippen molar-refractivity contribution in [3.8, 4) is 0 Å². The second kappa shape index (κ2) is 6.95. The van der Waals surface area contributed by atoms with E-state index < -0.39 is 5.60 Å². The van der Waals surface area contributed by atoms with Gasteiger partial charge in [-0.3, -0.25) is 0 Å². The number of rotatable bonds is 3. The number of hydrogen-bond acceptors (Lipinski definition) is 6. The Morgan fingerprint density at radius 1 is 1.30 bits per heavy atom. The normalized spacial score (nSPS) is 27.3. The predicted octanol–water partition coefficient (Wildman–Crippen LogP) is 2.63. The quantitative estimate of drug-likeness (QED) is 0.663. The van der Waals surface area contributed by atoms with Gasteiger partial charge in [-0.2, -0.15) is 0 Å². The van der Waals surface area contributed by atoms with Gasteiger partial charge in [-0.1, -0.05) is 0 Å². The molecular formula is C19H27IN4O3. The van der Waals surface area contributed by atoms with Crippen LogP contribution in [-0.2, 0) is 9.47 Å². The van der Waals surface area contributed by atoms with Gasteiger partial charge in [0.2, 0.25) is 0 Å². The van der Waals surface area contributed by atoms with Crippen LogP contribution in [0.1, 0.15) is 27.2 Å². The first-order valence-corrected chi connectivity index (χ1v) is 10.6. The van der Waals surface area contributed by atoms with Gasteiger partial charge in [-0.15, -0.1) is 0 Å². The smallest absolute Gasteiger partial charge is 0.408 e. The zero-order chi connectivity index (χ0) is 19.2. The molecule has 0 spiro atoms. The van der Waals surface area contributed by atoms with Crippen LogP contribution in [-0.4, -0.2) is 61.6 Å². The van der Waals surface area contributed by atoms with E-state index >= 15 is 0 Å². The standard InChI is InChI=1S/C19H27IN4O3/c1-18(2,3)27-17(25)22-19-10-13(19)11-24(12-19)16-9-14(20)8-15(21-16)23-4-6-26-7-5-23/h8-9,13H,4-7,10-12H2,1-3H3,(H,22,25). The summed E-state index contributed by atoms with van der Waals surface area (Å²) in [5.41, 5.74) is -0.641. The van der Waals surface area contributed by atoms with Crippen molar-refractivity contribution in [3.63, 3.8) is 0 Å².